The Morgan fingerprint density at radius 1 is 1.33 bits per heavy atom. The molecule has 1 fully saturated rings. The van der Waals surface area contributed by atoms with Gasteiger partial charge in [-0.3, -0.25) is 4.90 Å². The molecule has 0 amide bonds. The molecule has 6 heteroatoms. The molecule has 1 atom stereocenters. The van der Waals surface area contributed by atoms with E-state index in [0.29, 0.717) is 11.2 Å². The fraction of sp³-hybridized carbons (Fsp3) is 0.667. The van der Waals surface area contributed by atoms with Crippen molar-refractivity contribution in [1.29, 1.82) is 0 Å². The number of hydrogen-bond acceptors (Lipinski definition) is 5. The monoisotopic (exact) mass is 269 g/mol. The first-order valence-corrected chi connectivity index (χ1v) is 6.77. The van der Waals surface area contributed by atoms with E-state index in [9.17, 15) is 0 Å². The number of piperazine rings is 1. The van der Waals surface area contributed by atoms with E-state index < -0.39 is 0 Å². The summed E-state index contributed by atoms with van der Waals surface area (Å²) in [6.45, 7) is 8.51. The van der Waals surface area contributed by atoms with Gasteiger partial charge in [-0.15, -0.1) is 0 Å². The third kappa shape index (κ3) is 3.03. The highest BCUT2D eigenvalue weighted by Gasteiger charge is 2.21. The third-order valence-corrected chi connectivity index (χ3v) is 3.74. The van der Waals surface area contributed by atoms with Crippen LogP contribution in [0.15, 0.2) is 6.07 Å². The summed E-state index contributed by atoms with van der Waals surface area (Å²) in [5, 5.41) is 0.404. The second-order valence-corrected chi connectivity index (χ2v) is 5.07. The minimum absolute atomic E-state index is 0.238. The fourth-order valence-electron chi connectivity index (χ4n) is 2.23. The van der Waals surface area contributed by atoms with E-state index in [0.717, 1.165) is 32.0 Å². The molecule has 18 heavy (non-hydrogen) atoms. The molecule has 0 radical (unpaired) electrons. The number of hydrogen-bond donors (Lipinski definition) is 1. The first-order chi connectivity index (χ1) is 8.60. The predicted molar refractivity (Wildman–Crippen MR) is 75.0 cm³/mol. The molecule has 0 saturated carbocycles. The molecule has 100 valence electrons. The van der Waals surface area contributed by atoms with Crippen molar-refractivity contribution in [3.8, 4) is 0 Å². The van der Waals surface area contributed by atoms with Gasteiger partial charge in [-0.05, 0) is 13.3 Å². The summed E-state index contributed by atoms with van der Waals surface area (Å²) in [4.78, 5) is 12.8. The highest BCUT2D eigenvalue weighted by molar-refractivity contribution is 6.29. The highest BCUT2D eigenvalue weighted by Crippen LogP contribution is 2.19. The largest absolute Gasteiger partial charge is 0.368 e. The molecule has 1 saturated heterocycles. The summed E-state index contributed by atoms with van der Waals surface area (Å²) < 4.78 is 0. The Kier molecular flexibility index (Phi) is 4.24. The maximum absolute atomic E-state index is 5.90. The number of nitrogen functional groups attached to an aromatic ring is 1. The van der Waals surface area contributed by atoms with Gasteiger partial charge in [0.1, 0.15) is 11.0 Å². The van der Waals surface area contributed by atoms with Gasteiger partial charge in [0.2, 0.25) is 5.95 Å². The molecule has 1 aliphatic heterocycles. The lowest BCUT2D eigenvalue weighted by molar-refractivity contribution is 0.192. The molecule has 0 bridgehead atoms. The van der Waals surface area contributed by atoms with Crippen LogP contribution in [-0.4, -0.2) is 47.1 Å². The topological polar surface area (TPSA) is 58.3 Å². The Hall–Kier alpha value is -1.07. The third-order valence-electron chi connectivity index (χ3n) is 3.55. The van der Waals surface area contributed by atoms with Crippen LogP contribution >= 0.6 is 11.6 Å². The van der Waals surface area contributed by atoms with E-state index in [2.05, 4.69) is 33.6 Å². The van der Waals surface area contributed by atoms with E-state index in [1.807, 2.05) is 0 Å². The van der Waals surface area contributed by atoms with Crippen molar-refractivity contribution in [3.63, 3.8) is 0 Å². The quantitative estimate of drug-likeness (QED) is 0.846. The summed E-state index contributed by atoms with van der Waals surface area (Å²) in [7, 11) is 0. The molecule has 0 spiro atoms. The minimum atomic E-state index is 0.238. The summed E-state index contributed by atoms with van der Waals surface area (Å²) in [6.07, 6.45) is 1.19. The number of anilines is 2. The lowest BCUT2D eigenvalue weighted by Gasteiger charge is -2.38. The highest BCUT2D eigenvalue weighted by atomic mass is 35.5. The van der Waals surface area contributed by atoms with Gasteiger partial charge in [-0.25, -0.2) is 4.98 Å². The van der Waals surface area contributed by atoms with Crippen molar-refractivity contribution in [1.82, 2.24) is 14.9 Å². The lowest BCUT2D eigenvalue weighted by Crippen LogP contribution is -2.49. The second-order valence-electron chi connectivity index (χ2n) is 4.69. The molecule has 2 N–H and O–H groups in total. The van der Waals surface area contributed by atoms with Gasteiger partial charge in [0.25, 0.3) is 0 Å². The zero-order valence-corrected chi connectivity index (χ0v) is 11.7. The van der Waals surface area contributed by atoms with Crippen LogP contribution in [0.3, 0.4) is 0 Å². The Balaban J connectivity index is 2.01. The van der Waals surface area contributed by atoms with Crippen LogP contribution in [-0.2, 0) is 0 Å². The van der Waals surface area contributed by atoms with Gasteiger partial charge < -0.3 is 10.6 Å². The molecule has 5 nitrogen and oxygen atoms in total. The van der Waals surface area contributed by atoms with Gasteiger partial charge in [0.15, 0.2) is 0 Å². The Bertz CT molecular complexity index is 383. The van der Waals surface area contributed by atoms with Crippen LogP contribution in [0.2, 0.25) is 5.15 Å². The van der Waals surface area contributed by atoms with Crippen LogP contribution in [0.25, 0.3) is 0 Å². The average Bonchev–Trinajstić information content (AvgIpc) is 2.37. The summed E-state index contributed by atoms with van der Waals surface area (Å²) >= 11 is 5.90. The molecule has 2 heterocycles. The average molecular weight is 270 g/mol. The standard InChI is InChI=1S/C12H20ClN5/c1-3-9(2)17-4-6-18(7-5-17)11-8-10(13)15-12(14)16-11/h8-9H,3-7H2,1-2H3,(H2,14,15,16). The van der Waals surface area contributed by atoms with Crippen molar-refractivity contribution in [2.45, 2.75) is 26.3 Å². The zero-order valence-electron chi connectivity index (χ0n) is 10.9. The maximum Gasteiger partial charge on any atom is 0.223 e. The van der Waals surface area contributed by atoms with Crippen molar-refractivity contribution in [3.05, 3.63) is 11.2 Å². The molecule has 1 aliphatic rings. The predicted octanol–water partition coefficient (Wildman–Crippen LogP) is 1.63. The number of nitrogens with two attached hydrogens (primary N) is 1. The maximum atomic E-state index is 5.90. The SMILES string of the molecule is CCC(C)N1CCN(c2cc(Cl)nc(N)n2)CC1. The summed E-state index contributed by atoms with van der Waals surface area (Å²) in [6, 6.07) is 2.42. The van der Waals surface area contributed by atoms with Gasteiger partial charge >= 0.3 is 0 Å². The van der Waals surface area contributed by atoms with Crippen LogP contribution in [0, 0.1) is 0 Å². The fourth-order valence-corrected chi connectivity index (χ4v) is 2.42. The van der Waals surface area contributed by atoms with E-state index >= 15 is 0 Å². The lowest BCUT2D eigenvalue weighted by atomic mass is 10.2. The van der Waals surface area contributed by atoms with Crippen molar-refractivity contribution < 1.29 is 0 Å². The Morgan fingerprint density at radius 2 is 2.00 bits per heavy atom. The van der Waals surface area contributed by atoms with Crippen molar-refractivity contribution >= 4 is 23.4 Å². The number of halogens is 1. The molecule has 1 aromatic heterocycles. The van der Waals surface area contributed by atoms with Gasteiger partial charge in [0, 0.05) is 38.3 Å². The first kappa shape index (κ1) is 13.4. The van der Waals surface area contributed by atoms with Crippen LogP contribution in [0.1, 0.15) is 20.3 Å². The normalized spacial score (nSPS) is 18.9. The van der Waals surface area contributed by atoms with Gasteiger partial charge in [0.05, 0.1) is 0 Å². The zero-order chi connectivity index (χ0) is 13.1. The van der Waals surface area contributed by atoms with Crippen molar-refractivity contribution in [2.75, 3.05) is 36.8 Å². The summed E-state index contributed by atoms with van der Waals surface area (Å²) in [5.74, 6) is 1.07. The molecule has 1 aromatic rings. The molecular formula is C12H20ClN5. The minimum Gasteiger partial charge on any atom is -0.368 e. The van der Waals surface area contributed by atoms with Crippen LogP contribution in [0.5, 0.6) is 0 Å². The van der Waals surface area contributed by atoms with E-state index in [-0.39, 0.29) is 5.95 Å². The molecule has 2 rings (SSSR count). The Labute approximate surface area is 113 Å². The second kappa shape index (κ2) is 5.71. The van der Waals surface area contributed by atoms with E-state index in [1.165, 1.54) is 6.42 Å². The molecular weight excluding hydrogens is 250 g/mol. The Morgan fingerprint density at radius 3 is 2.56 bits per heavy atom. The number of aromatic nitrogens is 2. The van der Waals surface area contributed by atoms with Gasteiger partial charge in [-0.2, -0.15) is 4.98 Å². The van der Waals surface area contributed by atoms with Crippen LogP contribution < -0.4 is 10.6 Å². The number of rotatable bonds is 3. The van der Waals surface area contributed by atoms with E-state index in [4.69, 9.17) is 17.3 Å². The van der Waals surface area contributed by atoms with Crippen LogP contribution in [0.4, 0.5) is 11.8 Å². The molecule has 0 aliphatic carbocycles. The molecule has 1 unspecified atom stereocenters. The summed E-state index contributed by atoms with van der Waals surface area (Å²) in [5.41, 5.74) is 5.62. The van der Waals surface area contributed by atoms with Gasteiger partial charge in [-0.1, -0.05) is 18.5 Å². The van der Waals surface area contributed by atoms with E-state index in [1.54, 1.807) is 6.07 Å². The molecule has 0 aromatic carbocycles. The first-order valence-electron chi connectivity index (χ1n) is 6.39. The number of nitrogens with zero attached hydrogens (tertiary/aromatic N) is 4. The van der Waals surface area contributed by atoms with Crippen molar-refractivity contribution in [2.24, 2.45) is 0 Å². The smallest absolute Gasteiger partial charge is 0.223 e.